The highest BCUT2D eigenvalue weighted by molar-refractivity contribution is 6.06. The van der Waals surface area contributed by atoms with Crippen molar-refractivity contribution in [2.45, 2.75) is 45.1 Å². The molecule has 2 heterocycles. The second-order valence-corrected chi connectivity index (χ2v) is 8.37. The molecule has 4 nitrogen and oxygen atoms in total. The van der Waals surface area contributed by atoms with E-state index >= 15 is 0 Å². The van der Waals surface area contributed by atoms with Crippen LogP contribution >= 0.6 is 0 Å². The molecule has 4 heteroatoms. The summed E-state index contributed by atoms with van der Waals surface area (Å²) >= 11 is 0. The molecule has 0 bridgehead atoms. The smallest absolute Gasteiger partial charge is 0.161 e. The molecule has 30 heavy (non-hydrogen) atoms. The lowest BCUT2D eigenvalue weighted by Gasteiger charge is -2.32. The lowest BCUT2D eigenvalue weighted by atomic mass is 9.89. The molecule has 0 N–H and O–H groups in total. The van der Waals surface area contributed by atoms with E-state index < -0.39 is 0 Å². The summed E-state index contributed by atoms with van der Waals surface area (Å²) in [6, 6.07) is 16.7. The number of carbonyl (C=O) groups excluding carboxylic acids is 1. The molecular formula is C26H32N2O2. The van der Waals surface area contributed by atoms with Gasteiger partial charge >= 0.3 is 0 Å². The van der Waals surface area contributed by atoms with E-state index in [9.17, 15) is 4.79 Å². The van der Waals surface area contributed by atoms with Gasteiger partial charge in [0.15, 0.2) is 5.78 Å². The maximum Gasteiger partial charge on any atom is 0.161 e. The second kappa shape index (κ2) is 9.48. The summed E-state index contributed by atoms with van der Waals surface area (Å²) in [6.45, 7) is 6.08. The number of fused-ring (bicyclic) bond motifs is 1. The van der Waals surface area contributed by atoms with E-state index in [0.29, 0.717) is 5.92 Å². The topological polar surface area (TPSA) is 34.5 Å². The number of rotatable bonds is 8. The number of carbonyl (C=O) groups is 1. The van der Waals surface area contributed by atoms with Crippen LogP contribution in [0.3, 0.4) is 0 Å². The number of aryl methyl sites for hydroxylation is 1. The molecule has 0 atom stereocenters. The van der Waals surface area contributed by atoms with Crippen molar-refractivity contribution in [3.05, 3.63) is 65.9 Å². The van der Waals surface area contributed by atoms with Crippen LogP contribution in [0.2, 0.25) is 0 Å². The number of hydrogen-bond acceptors (Lipinski definition) is 3. The summed E-state index contributed by atoms with van der Waals surface area (Å²) in [5, 5.41) is 1.07. The monoisotopic (exact) mass is 404 g/mol. The first-order valence-electron chi connectivity index (χ1n) is 11.1. The van der Waals surface area contributed by atoms with Gasteiger partial charge in [-0.15, -0.1) is 0 Å². The highest BCUT2D eigenvalue weighted by Crippen LogP contribution is 2.34. The predicted octanol–water partition coefficient (Wildman–Crippen LogP) is 5.51. The first kappa shape index (κ1) is 20.7. The Morgan fingerprint density at radius 3 is 2.47 bits per heavy atom. The van der Waals surface area contributed by atoms with Gasteiger partial charge in [-0.05, 0) is 75.9 Å². The number of ketones is 1. The second-order valence-electron chi connectivity index (χ2n) is 8.37. The Kier molecular flexibility index (Phi) is 6.53. The highest BCUT2D eigenvalue weighted by Gasteiger charge is 2.22. The molecule has 1 aromatic heterocycles. The van der Waals surface area contributed by atoms with Crippen LogP contribution in [0.4, 0.5) is 0 Å². The number of methoxy groups -OCH3 is 1. The van der Waals surface area contributed by atoms with E-state index in [1.165, 1.54) is 30.3 Å². The fourth-order valence-electron chi connectivity index (χ4n) is 4.80. The number of ether oxygens (including phenoxy) is 1. The van der Waals surface area contributed by atoms with E-state index in [4.69, 9.17) is 4.74 Å². The van der Waals surface area contributed by atoms with Crippen molar-refractivity contribution in [2.24, 2.45) is 0 Å². The van der Waals surface area contributed by atoms with Crippen molar-refractivity contribution in [2.75, 3.05) is 26.7 Å². The van der Waals surface area contributed by atoms with Crippen molar-refractivity contribution >= 4 is 16.7 Å². The Labute approximate surface area is 179 Å². The van der Waals surface area contributed by atoms with Gasteiger partial charge in [0.1, 0.15) is 5.75 Å². The molecule has 0 saturated carbocycles. The zero-order chi connectivity index (χ0) is 20.9. The number of Topliss-reactive ketones (excluding diaryl/α,β-unsaturated/α-hetero) is 1. The standard InChI is InChI=1S/C26H32N2O2/c1-20(29)24-19-28(25-11-5-3-10-23(24)25)16-8-7-15-27-17-13-21(14-18-27)22-9-4-6-12-26(22)30-2/h3-6,9-12,19,21H,7-8,13-18H2,1-2H3. The maximum atomic E-state index is 12.0. The number of hydrogen-bond donors (Lipinski definition) is 0. The summed E-state index contributed by atoms with van der Waals surface area (Å²) in [5.74, 6) is 1.77. The summed E-state index contributed by atoms with van der Waals surface area (Å²) in [4.78, 5) is 14.5. The number of nitrogens with zero attached hydrogens (tertiary/aromatic N) is 2. The third kappa shape index (κ3) is 4.44. The molecule has 158 valence electrons. The van der Waals surface area contributed by atoms with Gasteiger partial charge in [0.2, 0.25) is 0 Å². The Morgan fingerprint density at radius 1 is 1.00 bits per heavy atom. The first-order chi connectivity index (χ1) is 14.7. The number of para-hydroxylation sites is 2. The van der Waals surface area contributed by atoms with Crippen LogP contribution in [-0.4, -0.2) is 42.0 Å². The van der Waals surface area contributed by atoms with Gasteiger partial charge in [-0.3, -0.25) is 4.79 Å². The number of aromatic nitrogens is 1. The molecule has 1 aliphatic rings. The predicted molar refractivity (Wildman–Crippen MR) is 123 cm³/mol. The first-order valence-corrected chi connectivity index (χ1v) is 11.1. The van der Waals surface area contributed by atoms with Gasteiger partial charge in [-0.2, -0.15) is 0 Å². The van der Waals surface area contributed by atoms with Crippen LogP contribution < -0.4 is 4.74 Å². The van der Waals surface area contributed by atoms with E-state index in [0.717, 1.165) is 49.3 Å². The fraction of sp³-hybridized carbons (Fsp3) is 0.423. The summed E-state index contributed by atoms with van der Waals surface area (Å²) in [6.07, 6.45) is 6.74. The van der Waals surface area contributed by atoms with Gasteiger partial charge in [-0.25, -0.2) is 0 Å². The Bertz CT molecular complexity index is 999. The van der Waals surface area contributed by atoms with Crippen LogP contribution in [0.1, 0.15) is 54.4 Å². The molecule has 1 aliphatic heterocycles. The molecule has 0 aliphatic carbocycles. The zero-order valence-corrected chi connectivity index (χ0v) is 18.1. The minimum atomic E-state index is 0.142. The maximum absolute atomic E-state index is 12.0. The van der Waals surface area contributed by atoms with Crippen molar-refractivity contribution < 1.29 is 9.53 Å². The van der Waals surface area contributed by atoms with Crippen LogP contribution in [0, 0.1) is 0 Å². The summed E-state index contributed by atoms with van der Waals surface area (Å²) in [7, 11) is 1.77. The third-order valence-electron chi connectivity index (χ3n) is 6.46. The number of likely N-dealkylation sites (tertiary alicyclic amines) is 1. The normalized spacial score (nSPS) is 15.5. The van der Waals surface area contributed by atoms with Gasteiger partial charge in [0.05, 0.1) is 7.11 Å². The Balaban J connectivity index is 1.26. The quantitative estimate of drug-likeness (QED) is 0.367. The average Bonchev–Trinajstić information content (AvgIpc) is 3.16. The Hall–Kier alpha value is -2.59. The number of unbranched alkanes of at least 4 members (excludes halogenated alkanes) is 1. The molecule has 1 fully saturated rings. The van der Waals surface area contributed by atoms with Crippen molar-refractivity contribution in [1.82, 2.24) is 9.47 Å². The molecule has 2 aromatic carbocycles. The SMILES string of the molecule is COc1ccccc1C1CCN(CCCCn2cc(C(C)=O)c3ccccc32)CC1. The van der Waals surface area contributed by atoms with Crippen molar-refractivity contribution in [3.8, 4) is 5.75 Å². The summed E-state index contributed by atoms with van der Waals surface area (Å²) < 4.78 is 7.81. The van der Waals surface area contributed by atoms with E-state index in [-0.39, 0.29) is 5.78 Å². The molecule has 0 radical (unpaired) electrons. The van der Waals surface area contributed by atoms with Gasteiger partial charge in [0, 0.05) is 29.2 Å². The average molecular weight is 405 g/mol. The van der Waals surface area contributed by atoms with Gasteiger partial charge in [-0.1, -0.05) is 36.4 Å². The highest BCUT2D eigenvalue weighted by atomic mass is 16.5. The Morgan fingerprint density at radius 2 is 1.70 bits per heavy atom. The molecule has 0 amide bonds. The van der Waals surface area contributed by atoms with Crippen LogP contribution in [0.25, 0.3) is 10.9 Å². The zero-order valence-electron chi connectivity index (χ0n) is 18.1. The lowest BCUT2D eigenvalue weighted by Crippen LogP contribution is -2.33. The minimum absolute atomic E-state index is 0.142. The number of benzene rings is 2. The van der Waals surface area contributed by atoms with Crippen LogP contribution in [-0.2, 0) is 6.54 Å². The van der Waals surface area contributed by atoms with Crippen LogP contribution in [0.15, 0.2) is 54.7 Å². The summed E-state index contributed by atoms with van der Waals surface area (Å²) in [5.41, 5.74) is 3.37. The van der Waals surface area contributed by atoms with Crippen molar-refractivity contribution in [3.63, 3.8) is 0 Å². The largest absolute Gasteiger partial charge is 0.496 e. The van der Waals surface area contributed by atoms with E-state index in [1.807, 2.05) is 18.3 Å². The molecule has 4 rings (SSSR count). The third-order valence-corrected chi connectivity index (χ3v) is 6.46. The fourth-order valence-corrected chi connectivity index (χ4v) is 4.80. The molecule has 0 unspecified atom stereocenters. The molecule has 0 spiro atoms. The molecule has 3 aromatic rings. The molecule has 1 saturated heterocycles. The van der Waals surface area contributed by atoms with Gasteiger partial charge < -0.3 is 14.2 Å². The van der Waals surface area contributed by atoms with E-state index in [2.05, 4.69) is 45.9 Å². The van der Waals surface area contributed by atoms with Gasteiger partial charge in [0.25, 0.3) is 0 Å². The van der Waals surface area contributed by atoms with Crippen molar-refractivity contribution in [1.29, 1.82) is 0 Å². The number of piperidine rings is 1. The van der Waals surface area contributed by atoms with E-state index in [1.54, 1.807) is 14.0 Å². The lowest BCUT2D eigenvalue weighted by molar-refractivity contribution is 0.101. The minimum Gasteiger partial charge on any atom is -0.496 e. The molecular weight excluding hydrogens is 372 g/mol. The van der Waals surface area contributed by atoms with Crippen LogP contribution in [0.5, 0.6) is 5.75 Å².